The molecule has 0 aliphatic rings. The van der Waals surface area contributed by atoms with Crippen LogP contribution in [0, 0.1) is 0 Å². The van der Waals surface area contributed by atoms with Crippen molar-refractivity contribution in [3.63, 3.8) is 0 Å². The van der Waals surface area contributed by atoms with Crippen molar-refractivity contribution in [1.82, 2.24) is 0 Å². The van der Waals surface area contributed by atoms with Crippen molar-refractivity contribution in [2.75, 3.05) is 24.7 Å². The van der Waals surface area contributed by atoms with E-state index in [2.05, 4.69) is 26.0 Å². The second-order valence-corrected chi connectivity index (χ2v) is 9.16. The van der Waals surface area contributed by atoms with Crippen LogP contribution in [-0.2, 0) is 5.41 Å². The molecule has 0 aliphatic carbocycles. The standard InChI is InChI=1S/C31H34N2O4/c1-5-34-29-19-21(7-17-27(29)36-25-13-9-23(32)10-14-25)31(3,4)22-8-18-28(30(20-22)35-6-2)37-26-15-11-24(33)12-16-26/h7-20H,5-6,32-33H2,1-4H3. The molecule has 4 N–H and O–H groups in total. The predicted molar refractivity (Wildman–Crippen MR) is 149 cm³/mol. The summed E-state index contributed by atoms with van der Waals surface area (Å²) in [4.78, 5) is 0. The lowest BCUT2D eigenvalue weighted by Gasteiger charge is -2.28. The van der Waals surface area contributed by atoms with Crippen molar-refractivity contribution >= 4 is 11.4 Å². The van der Waals surface area contributed by atoms with Crippen molar-refractivity contribution in [1.29, 1.82) is 0 Å². The fourth-order valence-corrected chi connectivity index (χ4v) is 3.99. The van der Waals surface area contributed by atoms with Gasteiger partial charge in [0.1, 0.15) is 11.5 Å². The summed E-state index contributed by atoms with van der Waals surface area (Å²) in [5.41, 5.74) is 14.8. The topological polar surface area (TPSA) is 89.0 Å². The minimum atomic E-state index is -0.350. The van der Waals surface area contributed by atoms with Crippen LogP contribution in [0.3, 0.4) is 0 Å². The van der Waals surface area contributed by atoms with E-state index in [1.807, 2.05) is 86.6 Å². The Balaban J connectivity index is 1.64. The van der Waals surface area contributed by atoms with Crippen LogP contribution in [0.15, 0.2) is 84.9 Å². The first-order chi connectivity index (χ1) is 17.8. The van der Waals surface area contributed by atoms with Gasteiger partial charge in [-0.2, -0.15) is 0 Å². The van der Waals surface area contributed by atoms with Crippen molar-refractivity contribution < 1.29 is 18.9 Å². The van der Waals surface area contributed by atoms with Gasteiger partial charge in [-0.15, -0.1) is 0 Å². The van der Waals surface area contributed by atoms with Gasteiger partial charge in [-0.05, 0) is 97.8 Å². The summed E-state index contributed by atoms with van der Waals surface area (Å²) < 4.78 is 24.1. The van der Waals surface area contributed by atoms with Gasteiger partial charge in [-0.25, -0.2) is 0 Å². The Hall–Kier alpha value is -4.32. The van der Waals surface area contributed by atoms with E-state index in [0.29, 0.717) is 59.1 Å². The molecule has 0 amide bonds. The highest BCUT2D eigenvalue weighted by Crippen LogP contribution is 2.42. The van der Waals surface area contributed by atoms with E-state index in [0.717, 1.165) is 11.1 Å². The number of nitrogen functional groups attached to an aromatic ring is 2. The van der Waals surface area contributed by atoms with Gasteiger partial charge < -0.3 is 30.4 Å². The lowest BCUT2D eigenvalue weighted by Crippen LogP contribution is -2.19. The molecule has 0 aliphatic heterocycles. The van der Waals surface area contributed by atoms with Gasteiger partial charge in [0.2, 0.25) is 0 Å². The van der Waals surface area contributed by atoms with Gasteiger partial charge in [0.05, 0.1) is 13.2 Å². The molecule has 0 spiro atoms. The van der Waals surface area contributed by atoms with E-state index >= 15 is 0 Å². The SMILES string of the molecule is CCOc1cc(C(C)(C)c2ccc(Oc3ccc(N)cc3)c(OCC)c2)ccc1Oc1ccc(N)cc1. The quantitative estimate of drug-likeness (QED) is 0.219. The average Bonchev–Trinajstić information content (AvgIpc) is 2.89. The molecule has 0 unspecified atom stereocenters. The highest BCUT2D eigenvalue weighted by molar-refractivity contribution is 5.54. The molecular weight excluding hydrogens is 464 g/mol. The fraction of sp³-hybridized carbons (Fsp3) is 0.226. The molecule has 0 heterocycles. The minimum absolute atomic E-state index is 0.350. The van der Waals surface area contributed by atoms with Gasteiger partial charge in [0.15, 0.2) is 23.0 Å². The zero-order chi connectivity index (χ0) is 26.4. The second kappa shape index (κ2) is 11.2. The monoisotopic (exact) mass is 498 g/mol. The Kier molecular flexibility index (Phi) is 7.77. The number of hydrogen-bond donors (Lipinski definition) is 2. The summed E-state index contributed by atoms with van der Waals surface area (Å²) in [7, 11) is 0. The Morgan fingerprint density at radius 3 is 1.27 bits per heavy atom. The number of rotatable bonds is 10. The number of ether oxygens (including phenoxy) is 4. The summed E-state index contributed by atoms with van der Waals surface area (Å²) >= 11 is 0. The highest BCUT2D eigenvalue weighted by Gasteiger charge is 2.26. The number of nitrogens with two attached hydrogens (primary N) is 2. The molecule has 0 radical (unpaired) electrons. The van der Waals surface area contributed by atoms with E-state index in [1.54, 1.807) is 0 Å². The first kappa shape index (κ1) is 25.8. The van der Waals surface area contributed by atoms with Gasteiger partial charge in [0.25, 0.3) is 0 Å². The van der Waals surface area contributed by atoms with Crippen LogP contribution >= 0.6 is 0 Å². The molecule has 4 rings (SSSR count). The van der Waals surface area contributed by atoms with Crippen molar-refractivity contribution in [2.24, 2.45) is 0 Å². The van der Waals surface area contributed by atoms with Crippen LogP contribution in [0.5, 0.6) is 34.5 Å². The summed E-state index contributed by atoms with van der Waals surface area (Å²) in [6.45, 7) is 9.30. The van der Waals surface area contributed by atoms with E-state index in [1.165, 1.54) is 0 Å². The molecule has 0 atom stereocenters. The molecular formula is C31H34N2O4. The normalized spacial score (nSPS) is 11.1. The van der Waals surface area contributed by atoms with E-state index in [4.69, 9.17) is 30.4 Å². The van der Waals surface area contributed by atoms with Crippen LogP contribution in [0.4, 0.5) is 11.4 Å². The van der Waals surface area contributed by atoms with Crippen molar-refractivity contribution in [2.45, 2.75) is 33.1 Å². The Labute approximate surface area is 218 Å². The molecule has 6 nitrogen and oxygen atoms in total. The maximum absolute atomic E-state index is 6.10. The smallest absolute Gasteiger partial charge is 0.169 e. The lowest BCUT2D eigenvalue weighted by atomic mass is 9.78. The zero-order valence-corrected chi connectivity index (χ0v) is 21.8. The third kappa shape index (κ3) is 6.09. The first-order valence-corrected chi connectivity index (χ1v) is 12.4. The molecule has 0 saturated heterocycles. The Bertz CT molecular complexity index is 1230. The summed E-state index contributed by atoms with van der Waals surface area (Å²) in [5, 5.41) is 0. The predicted octanol–water partition coefficient (Wildman–Crippen LogP) is 7.56. The van der Waals surface area contributed by atoms with Crippen LogP contribution in [0.1, 0.15) is 38.8 Å². The molecule has 0 bridgehead atoms. The zero-order valence-electron chi connectivity index (χ0n) is 21.8. The number of hydrogen-bond acceptors (Lipinski definition) is 6. The van der Waals surface area contributed by atoms with Gasteiger partial charge in [0, 0.05) is 16.8 Å². The summed E-state index contributed by atoms with van der Waals surface area (Å²) in [5.74, 6) is 4.04. The van der Waals surface area contributed by atoms with Gasteiger partial charge in [-0.3, -0.25) is 0 Å². The molecule has 0 fully saturated rings. The average molecular weight is 499 g/mol. The van der Waals surface area contributed by atoms with Crippen molar-refractivity contribution in [3.05, 3.63) is 96.1 Å². The van der Waals surface area contributed by atoms with E-state index in [-0.39, 0.29) is 5.41 Å². The second-order valence-electron chi connectivity index (χ2n) is 9.16. The van der Waals surface area contributed by atoms with Crippen LogP contribution in [0.2, 0.25) is 0 Å². The fourth-order valence-electron chi connectivity index (χ4n) is 3.99. The summed E-state index contributed by atoms with van der Waals surface area (Å²) in [6, 6.07) is 26.7. The minimum Gasteiger partial charge on any atom is -0.490 e. The molecule has 4 aromatic carbocycles. The third-order valence-electron chi connectivity index (χ3n) is 6.15. The molecule has 0 saturated carbocycles. The molecule has 0 aromatic heterocycles. The Morgan fingerprint density at radius 2 is 0.919 bits per heavy atom. The molecule has 6 heteroatoms. The van der Waals surface area contributed by atoms with E-state index in [9.17, 15) is 0 Å². The summed E-state index contributed by atoms with van der Waals surface area (Å²) in [6.07, 6.45) is 0. The third-order valence-corrected chi connectivity index (χ3v) is 6.15. The largest absolute Gasteiger partial charge is 0.490 e. The van der Waals surface area contributed by atoms with Crippen LogP contribution in [-0.4, -0.2) is 13.2 Å². The molecule has 4 aromatic rings. The van der Waals surface area contributed by atoms with Gasteiger partial charge in [-0.1, -0.05) is 26.0 Å². The van der Waals surface area contributed by atoms with Gasteiger partial charge >= 0.3 is 0 Å². The first-order valence-electron chi connectivity index (χ1n) is 12.4. The van der Waals surface area contributed by atoms with Crippen LogP contribution < -0.4 is 30.4 Å². The van der Waals surface area contributed by atoms with Crippen molar-refractivity contribution in [3.8, 4) is 34.5 Å². The highest BCUT2D eigenvalue weighted by atomic mass is 16.5. The molecule has 37 heavy (non-hydrogen) atoms. The molecule has 192 valence electrons. The van der Waals surface area contributed by atoms with E-state index < -0.39 is 0 Å². The van der Waals surface area contributed by atoms with Crippen LogP contribution in [0.25, 0.3) is 0 Å². The number of anilines is 2. The number of benzene rings is 4. The maximum atomic E-state index is 6.10. The maximum Gasteiger partial charge on any atom is 0.169 e. The Morgan fingerprint density at radius 1 is 0.541 bits per heavy atom. The lowest BCUT2D eigenvalue weighted by molar-refractivity contribution is 0.319.